The summed E-state index contributed by atoms with van der Waals surface area (Å²) in [5, 5.41) is 7.78. The lowest BCUT2D eigenvalue weighted by Crippen LogP contribution is -2.33. The van der Waals surface area contributed by atoms with Crippen LogP contribution in [0.25, 0.3) is 55.0 Å². The lowest BCUT2D eigenvalue weighted by molar-refractivity contribution is 0.668. The first-order valence-electron chi connectivity index (χ1n) is 15.7. The van der Waals surface area contributed by atoms with Crippen LogP contribution in [0.15, 0.2) is 172 Å². The number of aliphatic imine (C=N–C) groups is 2. The van der Waals surface area contributed by atoms with E-state index in [2.05, 4.69) is 121 Å². The number of aromatic nitrogens is 1. The van der Waals surface area contributed by atoms with Crippen LogP contribution in [0.4, 0.5) is 0 Å². The van der Waals surface area contributed by atoms with Crippen LogP contribution >= 0.6 is 0 Å². The Bertz CT molecular complexity index is 2460. The third-order valence-corrected chi connectivity index (χ3v) is 8.80. The molecule has 47 heavy (non-hydrogen) atoms. The van der Waals surface area contributed by atoms with E-state index >= 15 is 0 Å². The Hall–Kier alpha value is -6.33. The largest absolute Gasteiger partial charge is 0.456 e. The van der Waals surface area contributed by atoms with Gasteiger partial charge >= 0.3 is 0 Å². The van der Waals surface area contributed by atoms with Gasteiger partial charge in [-0.25, -0.2) is 9.98 Å². The molecule has 2 aromatic heterocycles. The summed E-state index contributed by atoms with van der Waals surface area (Å²) in [4.78, 5) is 15.1. The molecule has 5 nitrogen and oxygen atoms in total. The molecule has 1 aliphatic rings. The highest BCUT2D eigenvalue weighted by atomic mass is 16.3. The maximum Gasteiger partial charge on any atom is 0.178 e. The molecule has 1 N–H and O–H groups in total. The summed E-state index contributed by atoms with van der Waals surface area (Å²) in [6.45, 7) is 0. The minimum absolute atomic E-state index is 0.333. The summed E-state index contributed by atoms with van der Waals surface area (Å²) in [7, 11) is 0. The molecule has 3 heterocycles. The molecule has 0 saturated carbocycles. The zero-order valence-corrected chi connectivity index (χ0v) is 25.3. The van der Waals surface area contributed by atoms with Gasteiger partial charge in [-0.1, -0.05) is 133 Å². The second-order valence-electron chi connectivity index (χ2n) is 11.7. The van der Waals surface area contributed by atoms with Gasteiger partial charge in [0.25, 0.3) is 0 Å². The Balaban J connectivity index is 1.12. The van der Waals surface area contributed by atoms with E-state index in [0.717, 1.165) is 60.8 Å². The van der Waals surface area contributed by atoms with Crippen LogP contribution in [0.5, 0.6) is 0 Å². The summed E-state index contributed by atoms with van der Waals surface area (Å²) in [6.07, 6.45) is 1.44. The van der Waals surface area contributed by atoms with Crippen molar-refractivity contribution in [1.29, 1.82) is 0 Å². The van der Waals surface area contributed by atoms with Gasteiger partial charge in [0.15, 0.2) is 5.84 Å². The molecule has 1 atom stereocenters. The second-order valence-corrected chi connectivity index (χ2v) is 11.7. The normalized spacial score (nSPS) is 14.6. The number of fused-ring (bicyclic) bond motifs is 4. The Morgan fingerprint density at radius 2 is 1.11 bits per heavy atom. The van der Waals surface area contributed by atoms with Gasteiger partial charge in [0.05, 0.1) is 5.39 Å². The van der Waals surface area contributed by atoms with Crippen molar-refractivity contribution in [3.8, 4) is 22.3 Å². The number of benzene rings is 6. The molecule has 5 heteroatoms. The number of nitrogens with zero attached hydrogens (tertiary/aromatic N) is 3. The van der Waals surface area contributed by atoms with Crippen LogP contribution in [0, 0.1) is 0 Å². The predicted octanol–water partition coefficient (Wildman–Crippen LogP) is 9.96. The molecule has 0 amide bonds. The molecule has 6 aromatic carbocycles. The Morgan fingerprint density at radius 3 is 1.79 bits per heavy atom. The van der Waals surface area contributed by atoms with Gasteiger partial charge in [0, 0.05) is 17.1 Å². The number of amidine groups is 2. The van der Waals surface area contributed by atoms with E-state index in [4.69, 9.17) is 19.4 Å². The van der Waals surface area contributed by atoms with Crippen LogP contribution in [-0.4, -0.2) is 16.7 Å². The molecule has 1 aliphatic heterocycles. The Kier molecular flexibility index (Phi) is 6.46. The highest BCUT2D eigenvalue weighted by Gasteiger charge is 2.24. The monoisotopic (exact) mass is 604 g/mol. The highest BCUT2D eigenvalue weighted by Crippen LogP contribution is 2.35. The molecule has 8 aromatic rings. The number of pyridine rings is 1. The molecular formula is C42H28N4O. The summed E-state index contributed by atoms with van der Waals surface area (Å²) in [5.41, 5.74) is 9.01. The molecule has 0 radical (unpaired) electrons. The second kappa shape index (κ2) is 11.2. The van der Waals surface area contributed by atoms with Crippen molar-refractivity contribution in [3.05, 3.63) is 175 Å². The van der Waals surface area contributed by atoms with E-state index in [0.29, 0.717) is 11.5 Å². The summed E-state index contributed by atoms with van der Waals surface area (Å²) in [5.74, 6) is 1.31. The van der Waals surface area contributed by atoms with E-state index in [1.54, 1.807) is 6.20 Å². The van der Waals surface area contributed by atoms with E-state index in [-0.39, 0.29) is 6.17 Å². The van der Waals surface area contributed by atoms with Crippen molar-refractivity contribution in [2.75, 3.05) is 0 Å². The number of nitrogens with one attached hydrogen (secondary N) is 1. The molecule has 0 bridgehead atoms. The van der Waals surface area contributed by atoms with Crippen molar-refractivity contribution in [1.82, 2.24) is 10.3 Å². The number of hydrogen-bond donors (Lipinski definition) is 1. The maximum absolute atomic E-state index is 6.34. The van der Waals surface area contributed by atoms with Crippen molar-refractivity contribution in [2.45, 2.75) is 6.17 Å². The average Bonchev–Trinajstić information content (AvgIpc) is 3.52. The molecule has 1 unspecified atom stereocenters. The fraction of sp³-hybridized carbons (Fsp3) is 0.0238. The van der Waals surface area contributed by atoms with Crippen LogP contribution in [0.3, 0.4) is 0 Å². The molecule has 0 saturated heterocycles. The van der Waals surface area contributed by atoms with Gasteiger partial charge in [-0.05, 0) is 56.8 Å². The molecule has 0 spiro atoms. The summed E-state index contributed by atoms with van der Waals surface area (Å²) >= 11 is 0. The molecular weight excluding hydrogens is 576 g/mol. The first-order chi connectivity index (χ1) is 23.3. The van der Waals surface area contributed by atoms with Gasteiger partial charge in [-0.15, -0.1) is 0 Å². The first-order valence-corrected chi connectivity index (χ1v) is 15.7. The summed E-state index contributed by atoms with van der Waals surface area (Å²) in [6, 6.07) is 52.4. The van der Waals surface area contributed by atoms with Crippen LogP contribution < -0.4 is 5.32 Å². The van der Waals surface area contributed by atoms with Gasteiger partial charge < -0.3 is 9.73 Å². The fourth-order valence-corrected chi connectivity index (χ4v) is 6.39. The zero-order valence-electron chi connectivity index (χ0n) is 25.3. The van der Waals surface area contributed by atoms with Crippen LogP contribution in [0.1, 0.15) is 23.0 Å². The van der Waals surface area contributed by atoms with Crippen molar-refractivity contribution < 1.29 is 4.42 Å². The Labute approximate surface area is 271 Å². The number of furan rings is 1. The Morgan fingerprint density at radius 1 is 0.532 bits per heavy atom. The lowest BCUT2D eigenvalue weighted by Gasteiger charge is -2.23. The van der Waals surface area contributed by atoms with E-state index in [9.17, 15) is 0 Å². The first kappa shape index (κ1) is 27.0. The third kappa shape index (κ3) is 4.95. The number of hydrogen-bond acceptors (Lipinski definition) is 5. The lowest BCUT2D eigenvalue weighted by atomic mass is 9.99. The zero-order chi connectivity index (χ0) is 31.2. The van der Waals surface area contributed by atoms with Gasteiger partial charge in [0.2, 0.25) is 0 Å². The third-order valence-electron chi connectivity index (χ3n) is 8.80. The number of rotatable bonds is 5. The highest BCUT2D eigenvalue weighted by molar-refractivity contribution is 6.22. The minimum atomic E-state index is -0.333. The van der Waals surface area contributed by atoms with E-state index in [1.807, 2.05) is 36.4 Å². The quantitative estimate of drug-likeness (QED) is 0.213. The topological polar surface area (TPSA) is 62.8 Å². The van der Waals surface area contributed by atoms with E-state index in [1.165, 1.54) is 11.1 Å². The van der Waals surface area contributed by atoms with E-state index < -0.39 is 0 Å². The summed E-state index contributed by atoms with van der Waals surface area (Å²) < 4.78 is 6.34. The molecule has 9 rings (SSSR count). The van der Waals surface area contributed by atoms with Crippen LogP contribution in [0.2, 0.25) is 0 Å². The SMILES string of the molecule is c1ccc(-c2ccc(-c3ccc(C4=NC(c5nccc6oc7cc8ccccc8cc7c56)=NC(c5ccccc5)N4)cc3)cc2)cc1. The van der Waals surface area contributed by atoms with Gasteiger partial charge in [0.1, 0.15) is 28.9 Å². The van der Waals surface area contributed by atoms with Crippen LogP contribution in [-0.2, 0) is 0 Å². The molecule has 0 aliphatic carbocycles. The fourth-order valence-electron chi connectivity index (χ4n) is 6.39. The molecule has 0 fully saturated rings. The van der Waals surface area contributed by atoms with Crippen molar-refractivity contribution >= 4 is 44.4 Å². The predicted molar refractivity (Wildman–Crippen MR) is 192 cm³/mol. The maximum atomic E-state index is 6.34. The van der Waals surface area contributed by atoms with Crippen molar-refractivity contribution in [3.63, 3.8) is 0 Å². The average molecular weight is 605 g/mol. The minimum Gasteiger partial charge on any atom is -0.456 e. The van der Waals surface area contributed by atoms with Gasteiger partial charge in [-0.3, -0.25) is 4.98 Å². The van der Waals surface area contributed by atoms with Gasteiger partial charge in [-0.2, -0.15) is 0 Å². The standard InChI is InChI=1S/C42H28N4O/c1-3-9-27(10-4-1)28-15-17-29(18-16-28)30-19-21-32(22-20-30)41-44-40(31-11-5-2-6-12-31)45-42(46-41)39-38-35-25-33-13-7-8-14-34(33)26-37(35)47-36(38)23-24-43-39/h1-26,40H,(H,44,45,46). The van der Waals surface area contributed by atoms with Crippen molar-refractivity contribution in [2.24, 2.45) is 9.98 Å². The smallest absolute Gasteiger partial charge is 0.178 e. The molecule has 222 valence electrons.